The minimum Gasteiger partial charge on any atom is -0.473 e. The summed E-state index contributed by atoms with van der Waals surface area (Å²) in [5, 5.41) is 3.05. The Morgan fingerprint density at radius 2 is 2.41 bits per heavy atom. The molecule has 1 N–H and O–H groups in total. The van der Waals surface area contributed by atoms with Crippen molar-refractivity contribution >= 4 is 21.9 Å². The smallest absolute Gasteiger partial charge is 0.323 e. The summed E-state index contributed by atoms with van der Waals surface area (Å²) in [5.74, 6) is 0.301. The van der Waals surface area contributed by atoms with Gasteiger partial charge in [-0.2, -0.15) is 0 Å². The quantitative estimate of drug-likeness (QED) is 0.670. The molecule has 1 aromatic heterocycles. The Morgan fingerprint density at radius 1 is 1.59 bits per heavy atom. The second kappa shape index (κ2) is 5.46. The molecule has 2 heterocycles. The number of carbonyl (C=O) groups excluding carboxylic acids is 1. The van der Waals surface area contributed by atoms with Gasteiger partial charge in [0, 0.05) is 19.0 Å². The topological polar surface area (TPSA) is 60.5 Å². The van der Waals surface area contributed by atoms with Gasteiger partial charge in [-0.05, 0) is 22.0 Å². The van der Waals surface area contributed by atoms with Crippen molar-refractivity contribution in [2.24, 2.45) is 0 Å². The number of rotatable bonds is 3. The van der Waals surface area contributed by atoms with Crippen molar-refractivity contribution in [1.82, 2.24) is 10.3 Å². The second-order valence-electron chi connectivity index (χ2n) is 3.76. The first-order chi connectivity index (χ1) is 8.19. The highest BCUT2D eigenvalue weighted by atomic mass is 79.9. The van der Waals surface area contributed by atoms with Gasteiger partial charge >= 0.3 is 5.97 Å². The molecule has 0 aromatic carbocycles. The Bertz CT molecular complexity index is 413. The molecule has 2 rings (SSSR count). The van der Waals surface area contributed by atoms with Crippen LogP contribution in [0.5, 0.6) is 5.88 Å². The van der Waals surface area contributed by atoms with E-state index in [0.717, 1.165) is 4.60 Å². The number of halogens is 1. The van der Waals surface area contributed by atoms with Crippen molar-refractivity contribution in [2.75, 3.05) is 13.7 Å². The first-order valence-corrected chi connectivity index (χ1v) is 6.09. The Labute approximate surface area is 108 Å². The minimum atomic E-state index is -0.280. The molecule has 92 valence electrons. The highest BCUT2D eigenvalue weighted by Crippen LogP contribution is 2.17. The molecule has 1 saturated heterocycles. The zero-order valence-corrected chi connectivity index (χ0v) is 10.9. The molecule has 1 aliphatic heterocycles. The van der Waals surface area contributed by atoms with Crippen LogP contribution in [0.15, 0.2) is 22.8 Å². The summed E-state index contributed by atoms with van der Waals surface area (Å²) in [6, 6.07) is 5.19. The number of nitrogens with zero attached hydrogens (tertiary/aromatic N) is 1. The molecule has 17 heavy (non-hydrogen) atoms. The van der Waals surface area contributed by atoms with E-state index in [4.69, 9.17) is 4.74 Å². The number of hydrogen-bond donors (Lipinski definition) is 1. The van der Waals surface area contributed by atoms with Gasteiger partial charge in [0.2, 0.25) is 5.88 Å². The van der Waals surface area contributed by atoms with Crippen molar-refractivity contribution in [1.29, 1.82) is 0 Å². The summed E-state index contributed by atoms with van der Waals surface area (Å²) in [7, 11) is 1.38. The lowest BCUT2D eigenvalue weighted by molar-refractivity contribution is -0.142. The highest BCUT2D eigenvalue weighted by molar-refractivity contribution is 9.10. The van der Waals surface area contributed by atoms with Crippen LogP contribution in [0.4, 0.5) is 0 Å². The van der Waals surface area contributed by atoms with Crippen LogP contribution in [-0.4, -0.2) is 36.8 Å². The van der Waals surface area contributed by atoms with Crippen LogP contribution in [0.3, 0.4) is 0 Å². The zero-order valence-electron chi connectivity index (χ0n) is 9.35. The van der Waals surface area contributed by atoms with E-state index in [1.54, 1.807) is 6.07 Å². The predicted molar refractivity (Wildman–Crippen MR) is 64.8 cm³/mol. The third-order valence-corrected chi connectivity index (χ3v) is 2.99. The molecule has 0 amide bonds. The lowest BCUT2D eigenvalue weighted by Gasteiger charge is -2.11. The largest absolute Gasteiger partial charge is 0.473 e. The number of pyridine rings is 1. The molecule has 2 atom stereocenters. The summed E-state index contributed by atoms with van der Waals surface area (Å²) in [6.07, 6.45) is 0.543. The van der Waals surface area contributed by atoms with E-state index in [0.29, 0.717) is 18.8 Å². The predicted octanol–water partition coefficient (Wildman–Crippen LogP) is 1.13. The maximum absolute atomic E-state index is 11.3. The fraction of sp³-hybridized carbons (Fsp3) is 0.455. The van der Waals surface area contributed by atoms with Crippen molar-refractivity contribution < 1.29 is 14.3 Å². The molecule has 1 aromatic rings. The molecule has 0 radical (unpaired) electrons. The fourth-order valence-corrected chi connectivity index (χ4v) is 2.07. The van der Waals surface area contributed by atoms with E-state index >= 15 is 0 Å². The normalized spacial score (nSPS) is 23.4. The maximum Gasteiger partial charge on any atom is 0.323 e. The molecule has 0 aliphatic carbocycles. The fourth-order valence-electron chi connectivity index (χ4n) is 1.74. The molecule has 0 bridgehead atoms. The van der Waals surface area contributed by atoms with Crippen molar-refractivity contribution in [2.45, 2.75) is 18.6 Å². The molecular weight excluding hydrogens is 288 g/mol. The molecule has 0 spiro atoms. The van der Waals surface area contributed by atoms with E-state index in [1.807, 2.05) is 12.1 Å². The molecule has 5 nitrogen and oxygen atoms in total. The third-order valence-electron chi connectivity index (χ3n) is 2.55. The van der Waals surface area contributed by atoms with E-state index in [-0.39, 0.29) is 18.1 Å². The molecule has 6 heteroatoms. The van der Waals surface area contributed by atoms with Gasteiger partial charge in [0.05, 0.1) is 7.11 Å². The van der Waals surface area contributed by atoms with E-state index in [9.17, 15) is 4.79 Å². The monoisotopic (exact) mass is 300 g/mol. The van der Waals surface area contributed by atoms with Gasteiger partial charge in [-0.25, -0.2) is 4.98 Å². The van der Waals surface area contributed by atoms with Crippen LogP contribution in [0.2, 0.25) is 0 Å². The average molecular weight is 301 g/mol. The zero-order chi connectivity index (χ0) is 12.3. The van der Waals surface area contributed by atoms with Gasteiger partial charge in [-0.1, -0.05) is 6.07 Å². The standard InChI is InChI=1S/C11H13BrN2O3/c1-16-11(15)8-5-7(6-13-8)17-10-4-2-3-9(12)14-10/h2-4,7-8,13H,5-6H2,1H3. The van der Waals surface area contributed by atoms with Gasteiger partial charge in [0.1, 0.15) is 16.7 Å². The lowest BCUT2D eigenvalue weighted by atomic mass is 10.2. The van der Waals surface area contributed by atoms with Crippen LogP contribution < -0.4 is 10.1 Å². The number of carbonyl (C=O) groups is 1. The van der Waals surface area contributed by atoms with Crippen LogP contribution in [-0.2, 0) is 9.53 Å². The Hall–Kier alpha value is -1.14. The molecular formula is C11H13BrN2O3. The lowest BCUT2D eigenvalue weighted by Crippen LogP contribution is -2.31. The van der Waals surface area contributed by atoms with Gasteiger partial charge in [-0.15, -0.1) is 0 Å². The summed E-state index contributed by atoms with van der Waals surface area (Å²) >= 11 is 3.28. The molecule has 1 fully saturated rings. The maximum atomic E-state index is 11.3. The first kappa shape index (κ1) is 12.3. The number of nitrogens with one attached hydrogen (secondary N) is 1. The second-order valence-corrected chi connectivity index (χ2v) is 4.57. The molecule has 2 unspecified atom stereocenters. The van der Waals surface area contributed by atoms with Crippen LogP contribution in [0, 0.1) is 0 Å². The first-order valence-electron chi connectivity index (χ1n) is 5.29. The number of aromatic nitrogens is 1. The third kappa shape index (κ3) is 3.17. The molecule has 0 saturated carbocycles. The summed E-state index contributed by atoms with van der Waals surface area (Å²) in [6.45, 7) is 0.619. The van der Waals surface area contributed by atoms with Gasteiger partial charge in [0.25, 0.3) is 0 Å². The number of esters is 1. The summed E-state index contributed by atoms with van der Waals surface area (Å²) in [5.41, 5.74) is 0. The Morgan fingerprint density at radius 3 is 3.12 bits per heavy atom. The van der Waals surface area contributed by atoms with E-state index in [1.165, 1.54) is 7.11 Å². The van der Waals surface area contributed by atoms with E-state index in [2.05, 4.69) is 31.0 Å². The van der Waals surface area contributed by atoms with Crippen LogP contribution in [0.1, 0.15) is 6.42 Å². The Kier molecular flexibility index (Phi) is 3.96. The van der Waals surface area contributed by atoms with Crippen molar-refractivity contribution in [3.05, 3.63) is 22.8 Å². The van der Waals surface area contributed by atoms with E-state index < -0.39 is 0 Å². The van der Waals surface area contributed by atoms with Gasteiger partial charge < -0.3 is 14.8 Å². The summed E-state index contributed by atoms with van der Waals surface area (Å²) < 4.78 is 11.1. The number of hydrogen-bond acceptors (Lipinski definition) is 5. The SMILES string of the molecule is COC(=O)C1CC(Oc2cccc(Br)n2)CN1. The minimum absolute atomic E-state index is 0.0547. The van der Waals surface area contributed by atoms with Crippen molar-refractivity contribution in [3.8, 4) is 5.88 Å². The van der Waals surface area contributed by atoms with Gasteiger partial charge in [-0.3, -0.25) is 4.79 Å². The number of methoxy groups -OCH3 is 1. The summed E-state index contributed by atoms with van der Waals surface area (Å²) in [4.78, 5) is 15.5. The van der Waals surface area contributed by atoms with Crippen LogP contribution in [0.25, 0.3) is 0 Å². The van der Waals surface area contributed by atoms with Crippen LogP contribution >= 0.6 is 15.9 Å². The average Bonchev–Trinajstić information content (AvgIpc) is 2.76. The van der Waals surface area contributed by atoms with Gasteiger partial charge in [0.15, 0.2) is 0 Å². The number of ether oxygens (including phenoxy) is 2. The van der Waals surface area contributed by atoms with Crippen molar-refractivity contribution in [3.63, 3.8) is 0 Å². The highest BCUT2D eigenvalue weighted by Gasteiger charge is 2.31. The Balaban J connectivity index is 1.92. The molecule has 1 aliphatic rings.